The van der Waals surface area contributed by atoms with Gasteiger partial charge in [-0.25, -0.2) is 8.42 Å². The molecule has 0 aromatic carbocycles. The minimum Gasteiger partial charge on any atom is -0.349 e. The third-order valence-electron chi connectivity index (χ3n) is 2.71. The summed E-state index contributed by atoms with van der Waals surface area (Å²) in [6, 6.07) is 4.25. The second kappa shape index (κ2) is 6.21. The summed E-state index contributed by atoms with van der Waals surface area (Å²) in [5.41, 5.74) is 1.14. The van der Waals surface area contributed by atoms with E-state index < -0.39 is 9.84 Å². The minimum atomic E-state index is -2.90. The zero-order valence-corrected chi connectivity index (χ0v) is 11.6. The summed E-state index contributed by atoms with van der Waals surface area (Å²) in [6.07, 6.45) is 4.30. The predicted molar refractivity (Wildman–Crippen MR) is 70.9 cm³/mol. The molecule has 1 aromatic heterocycles. The van der Waals surface area contributed by atoms with Crippen molar-refractivity contribution in [3.63, 3.8) is 0 Å². The molecule has 0 spiro atoms. The number of nitrogens with zero attached hydrogens (tertiary/aromatic N) is 1. The van der Waals surface area contributed by atoms with Crippen molar-refractivity contribution in [2.75, 3.05) is 18.6 Å². The van der Waals surface area contributed by atoms with Crippen LogP contribution in [0.4, 0.5) is 0 Å². The quantitative estimate of drug-likeness (QED) is 0.808. The van der Waals surface area contributed by atoms with E-state index in [9.17, 15) is 8.42 Å². The van der Waals surface area contributed by atoms with Crippen LogP contribution < -0.4 is 5.32 Å². The van der Waals surface area contributed by atoms with Gasteiger partial charge in [-0.05, 0) is 32.0 Å². The Kier molecular flexibility index (Phi) is 5.21. The van der Waals surface area contributed by atoms with E-state index in [0.717, 1.165) is 18.7 Å². The van der Waals surface area contributed by atoms with Crippen LogP contribution in [0.15, 0.2) is 18.3 Å². The normalized spacial score (nSPS) is 13.8. The van der Waals surface area contributed by atoms with E-state index in [2.05, 4.69) is 19.2 Å². The highest BCUT2D eigenvalue weighted by molar-refractivity contribution is 7.90. The molecule has 0 fully saturated rings. The molecule has 0 saturated carbocycles. The summed E-state index contributed by atoms with van der Waals surface area (Å²) < 4.78 is 24.3. The number of sulfone groups is 1. The average Bonchev–Trinajstić information content (AvgIpc) is 2.70. The fourth-order valence-electron chi connectivity index (χ4n) is 1.75. The number of aryl methyl sites for hydroxylation is 1. The van der Waals surface area contributed by atoms with Gasteiger partial charge in [-0.1, -0.05) is 6.92 Å². The summed E-state index contributed by atoms with van der Waals surface area (Å²) >= 11 is 0. The molecule has 1 N–H and O–H groups in total. The van der Waals surface area contributed by atoms with Gasteiger partial charge >= 0.3 is 0 Å². The molecule has 0 aliphatic carbocycles. The number of rotatable bonds is 7. The first-order valence-corrected chi connectivity index (χ1v) is 8.06. The highest BCUT2D eigenvalue weighted by Gasteiger charge is 2.10. The van der Waals surface area contributed by atoms with Crippen molar-refractivity contribution in [3.05, 3.63) is 24.0 Å². The van der Waals surface area contributed by atoms with Gasteiger partial charge in [0, 0.05) is 30.7 Å². The van der Waals surface area contributed by atoms with Crippen molar-refractivity contribution in [2.45, 2.75) is 32.9 Å². The van der Waals surface area contributed by atoms with Crippen molar-refractivity contribution in [1.29, 1.82) is 0 Å². The molecule has 0 radical (unpaired) electrons. The van der Waals surface area contributed by atoms with E-state index in [1.54, 1.807) is 0 Å². The molecule has 4 nitrogen and oxygen atoms in total. The number of hydrogen-bond donors (Lipinski definition) is 1. The van der Waals surface area contributed by atoms with Gasteiger partial charge in [0.2, 0.25) is 0 Å². The average molecular weight is 258 g/mol. The van der Waals surface area contributed by atoms with Gasteiger partial charge in [0.05, 0.1) is 5.75 Å². The van der Waals surface area contributed by atoms with Gasteiger partial charge in [0.25, 0.3) is 0 Å². The first-order valence-electron chi connectivity index (χ1n) is 6.00. The van der Waals surface area contributed by atoms with Gasteiger partial charge in [-0.2, -0.15) is 0 Å². The molecule has 0 bridgehead atoms. The summed E-state index contributed by atoms with van der Waals surface area (Å²) in [6.45, 7) is 5.72. The molecule has 0 aliphatic heterocycles. The summed E-state index contributed by atoms with van der Waals surface area (Å²) in [5, 5.41) is 3.40. The largest absolute Gasteiger partial charge is 0.349 e. The molecule has 1 aromatic rings. The molecule has 17 heavy (non-hydrogen) atoms. The lowest BCUT2D eigenvalue weighted by atomic mass is 10.2. The molecule has 1 atom stereocenters. The molecule has 1 rings (SSSR count). The SMILES string of the molecule is CCCNC(C)c1cccn1CCS(C)(=O)=O. The van der Waals surface area contributed by atoms with E-state index in [1.807, 2.05) is 22.9 Å². The second-order valence-corrected chi connectivity index (χ2v) is 6.69. The Hall–Kier alpha value is -0.810. The monoisotopic (exact) mass is 258 g/mol. The van der Waals surface area contributed by atoms with Gasteiger partial charge < -0.3 is 9.88 Å². The van der Waals surface area contributed by atoms with Crippen LogP contribution in [0.5, 0.6) is 0 Å². The van der Waals surface area contributed by atoms with Crippen molar-refractivity contribution in [1.82, 2.24) is 9.88 Å². The third kappa shape index (κ3) is 4.91. The number of hydrogen-bond acceptors (Lipinski definition) is 3. The van der Waals surface area contributed by atoms with Crippen LogP contribution in [0, 0.1) is 0 Å². The topological polar surface area (TPSA) is 51.1 Å². The van der Waals surface area contributed by atoms with Crippen molar-refractivity contribution < 1.29 is 8.42 Å². The van der Waals surface area contributed by atoms with Crippen LogP contribution in [0.2, 0.25) is 0 Å². The molecule has 1 heterocycles. The molecule has 0 aliphatic rings. The lowest BCUT2D eigenvalue weighted by molar-refractivity contribution is 0.528. The molecular weight excluding hydrogens is 236 g/mol. The Labute approximate surface area is 104 Å². The Bertz CT molecular complexity index is 437. The highest BCUT2D eigenvalue weighted by Crippen LogP contribution is 2.13. The van der Waals surface area contributed by atoms with Crippen LogP contribution in [-0.4, -0.2) is 31.5 Å². The van der Waals surface area contributed by atoms with Crippen molar-refractivity contribution in [2.24, 2.45) is 0 Å². The second-order valence-electron chi connectivity index (χ2n) is 4.43. The van der Waals surface area contributed by atoms with Gasteiger partial charge in [0.1, 0.15) is 9.84 Å². The minimum absolute atomic E-state index is 0.190. The van der Waals surface area contributed by atoms with E-state index in [1.165, 1.54) is 6.26 Å². The summed E-state index contributed by atoms with van der Waals surface area (Å²) in [4.78, 5) is 0. The van der Waals surface area contributed by atoms with Crippen molar-refractivity contribution in [3.8, 4) is 0 Å². The maximum absolute atomic E-state index is 11.2. The maximum Gasteiger partial charge on any atom is 0.149 e. The Morgan fingerprint density at radius 2 is 2.18 bits per heavy atom. The van der Waals surface area contributed by atoms with Gasteiger partial charge in [0.15, 0.2) is 0 Å². The van der Waals surface area contributed by atoms with Crippen LogP contribution in [-0.2, 0) is 16.4 Å². The molecule has 5 heteroatoms. The van der Waals surface area contributed by atoms with Crippen molar-refractivity contribution >= 4 is 9.84 Å². The van der Waals surface area contributed by atoms with E-state index >= 15 is 0 Å². The van der Waals surface area contributed by atoms with Crippen LogP contribution >= 0.6 is 0 Å². The van der Waals surface area contributed by atoms with Crippen LogP contribution in [0.3, 0.4) is 0 Å². The predicted octanol–water partition coefficient (Wildman–Crippen LogP) is 1.59. The molecule has 1 unspecified atom stereocenters. The smallest absolute Gasteiger partial charge is 0.149 e. The van der Waals surface area contributed by atoms with E-state index in [0.29, 0.717) is 6.54 Å². The summed E-state index contributed by atoms with van der Waals surface area (Å²) in [7, 11) is -2.90. The zero-order chi connectivity index (χ0) is 12.9. The van der Waals surface area contributed by atoms with Crippen LogP contribution in [0.1, 0.15) is 32.0 Å². The molecule has 98 valence electrons. The third-order valence-corrected chi connectivity index (χ3v) is 3.64. The Morgan fingerprint density at radius 3 is 2.76 bits per heavy atom. The van der Waals surface area contributed by atoms with Gasteiger partial charge in [-0.15, -0.1) is 0 Å². The molecule has 0 amide bonds. The lowest BCUT2D eigenvalue weighted by Crippen LogP contribution is -2.23. The first kappa shape index (κ1) is 14.3. The fourth-order valence-corrected chi connectivity index (χ4v) is 2.28. The number of aromatic nitrogens is 1. The van der Waals surface area contributed by atoms with Crippen LogP contribution in [0.25, 0.3) is 0 Å². The number of nitrogens with one attached hydrogen (secondary N) is 1. The van der Waals surface area contributed by atoms with Gasteiger partial charge in [-0.3, -0.25) is 0 Å². The maximum atomic E-state index is 11.2. The lowest BCUT2D eigenvalue weighted by Gasteiger charge is -2.16. The Morgan fingerprint density at radius 1 is 1.47 bits per heavy atom. The summed E-state index contributed by atoms with van der Waals surface area (Å²) in [5.74, 6) is 0.190. The molecule has 0 saturated heterocycles. The zero-order valence-electron chi connectivity index (χ0n) is 10.8. The van der Waals surface area contributed by atoms with E-state index in [-0.39, 0.29) is 11.8 Å². The first-order chi connectivity index (χ1) is 7.94. The molecular formula is C12H22N2O2S. The van der Waals surface area contributed by atoms with E-state index in [4.69, 9.17) is 0 Å². The fraction of sp³-hybridized carbons (Fsp3) is 0.667. The highest BCUT2D eigenvalue weighted by atomic mass is 32.2. The Balaban J connectivity index is 2.65. The standard InChI is InChI=1S/C12H22N2O2S/c1-4-7-13-11(2)12-6-5-8-14(12)9-10-17(3,15)16/h5-6,8,11,13H,4,7,9-10H2,1-3H3.